The highest BCUT2D eigenvalue weighted by Crippen LogP contribution is 2.39. The standard InChI is InChI=1S/C17H21N3O/c1-17(12-18,14-8-9-14)19-16(21)11-20-10-4-6-13-5-2-3-7-15(13)20/h2-3,5,7,14H,4,6,8-11H2,1H3,(H,19,21)/t17-/m1/s1. The van der Waals surface area contributed by atoms with Gasteiger partial charge < -0.3 is 10.2 Å². The minimum absolute atomic E-state index is 0.0531. The minimum Gasteiger partial charge on any atom is -0.362 e. The molecule has 0 aromatic heterocycles. The maximum absolute atomic E-state index is 12.3. The van der Waals surface area contributed by atoms with Crippen LogP contribution in [-0.2, 0) is 11.2 Å². The number of nitrogens with zero attached hydrogens (tertiary/aromatic N) is 2. The second-order valence-corrected chi connectivity index (χ2v) is 6.29. The van der Waals surface area contributed by atoms with Gasteiger partial charge in [-0.3, -0.25) is 4.79 Å². The molecule has 1 N–H and O–H groups in total. The number of para-hydroxylation sites is 1. The average molecular weight is 283 g/mol. The highest BCUT2D eigenvalue weighted by atomic mass is 16.2. The SMILES string of the molecule is C[C@](C#N)(NC(=O)CN1CCCc2ccccc21)C1CC1. The van der Waals surface area contributed by atoms with Gasteiger partial charge in [0.1, 0.15) is 5.54 Å². The van der Waals surface area contributed by atoms with Gasteiger partial charge in [-0.15, -0.1) is 0 Å². The van der Waals surface area contributed by atoms with Gasteiger partial charge in [0.25, 0.3) is 0 Å². The summed E-state index contributed by atoms with van der Waals surface area (Å²) in [5.41, 5.74) is 1.76. The Morgan fingerprint density at radius 1 is 1.48 bits per heavy atom. The van der Waals surface area contributed by atoms with E-state index in [2.05, 4.69) is 28.4 Å². The summed E-state index contributed by atoms with van der Waals surface area (Å²) >= 11 is 0. The van der Waals surface area contributed by atoms with E-state index in [0.717, 1.165) is 37.9 Å². The number of rotatable bonds is 4. The Labute approximate surface area is 125 Å². The normalized spacial score (nSPS) is 20.1. The van der Waals surface area contributed by atoms with Crippen molar-refractivity contribution in [2.45, 2.75) is 38.1 Å². The van der Waals surface area contributed by atoms with Crippen molar-refractivity contribution in [1.29, 1.82) is 5.26 Å². The van der Waals surface area contributed by atoms with Gasteiger partial charge in [0.2, 0.25) is 5.91 Å². The van der Waals surface area contributed by atoms with Crippen molar-refractivity contribution < 1.29 is 4.79 Å². The average Bonchev–Trinajstić information content (AvgIpc) is 3.32. The Bertz CT molecular complexity index is 588. The Hall–Kier alpha value is -2.02. The zero-order valence-electron chi connectivity index (χ0n) is 12.4. The van der Waals surface area contributed by atoms with Crippen molar-refractivity contribution in [3.63, 3.8) is 0 Å². The largest absolute Gasteiger partial charge is 0.362 e. The van der Waals surface area contributed by atoms with Crippen molar-refractivity contribution in [3.05, 3.63) is 29.8 Å². The van der Waals surface area contributed by atoms with Gasteiger partial charge in [-0.05, 0) is 50.2 Å². The zero-order valence-corrected chi connectivity index (χ0v) is 12.4. The molecule has 1 aliphatic heterocycles. The molecule has 0 unspecified atom stereocenters. The van der Waals surface area contributed by atoms with Gasteiger partial charge in [0, 0.05) is 12.2 Å². The number of hydrogen-bond acceptors (Lipinski definition) is 3. The fourth-order valence-electron chi connectivity index (χ4n) is 3.16. The quantitative estimate of drug-likeness (QED) is 0.922. The second kappa shape index (κ2) is 5.40. The van der Waals surface area contributed by atoms with E-state index in [4.69, 9.17) is 0 Å². The third-order valence-electron chi connectivity index (χ3n) is 4.57. The van der Waals surface area contributed by atoms with Crippen molar-refractivity contribution >= 4 is 11.6 Å². The predicted octanol–water partition coefficient (Wildman–Crippen LogP) is 2.25. The van der Waals surface area contributed by atoms with Crippen LogP contribution in [0.3, 0.4) is 0 Å². The first-order valence-corrected chi connectivity index (χ1v) is 7.67. The highest BCUT2D eigenvalue weighted by molar-refractivity contribution is 5.83. The molecule has 0 saturated heterocycles. The van der Waals surface area contributed by atoms with E-state index in [1.807, 2.05) is 19.1 Å². The van der Waals surface area contributed by atoms with Crippen LogP contribution >= 0.6 is 0 Å². The third-order valence-corrected chi connectivity index (χ3v) is 4.57. The van der Waals surface area contributed by atoms with Crippen molar-refractivity contribution in [3.8, 4) is 6.07 Å². The molecule has 1 aliphatic carbocycles. The summed E-state index contributed by atoms with van der Waals surface area (Å²) in [5.74, 6) is 0.266. The molecule has 21 heavy (non-hydrogen) atoms. The summed E-state index contributed by atoms with van der Waals surface area (Å²) in [5, 5.41) is 12.3. The highest BCUT2D eigenvalue weighted by Gasteiger charge is 2.43. The minimum atomic E-state index is -0.702. The number of fused-ring (bicyclic) bond motifs is 1. The van der Waals surface area contributed by atoms with Gasteiger partial charge in [-0.25, -0.2) is 0 Å². The monoisotopic (exact) mass is 283 g/mol. The summed E-state index contributed by atoms with van der Waals surface area (Å²) < 4.78 is 0. The molecular formula is C17H21N3O. The third kappa shape index (κ3) is 2.87. The zero-order chi connectivity index (χ0) is 14.9. The number of benzene rings is 1. The van der Waals surface area contributed by atoms with E-state index in [1.165, 1.54) is 5.56 Å². The fraction of sp³-hybridized carbons (Fsp3) is 0.529. The van der Waals surface area contributed by atoms with E-state index >= 15 is 0 Å². The topological polar surface area (TPSA) is 56.1 Å². The first-order valence-electron chi connectivity index (χ1n) is 7.67. The second-order valence-electron chi connectivity index (χ2n) is 6.29. The lowest BCUT2D eigenvalue weighted by Crippen LogP contribution is -2.50. The number of nitriles is 1. The molecule has 1 aromatic carbocycles. The lowest BCUT2D eigenvalue weighted by atomic mass is 9.97. The Morgan fingerprint density at radius 2 is 2.24 bits per heavy atom. The summed E-state index contributed by atoms with van der Waals surface area (Å²) in [6, 6.07) is 10.5. The van der Waals surface area contributed by atoms with E-state index in [9.17, 15) is 10.1 Å². The number of hydrogen-bond donors (Lipinski definition) is 1. The summed E-state index contributed by atoms with van der Waals surface area (Å²) in [7, 11) is 0. The number of amides is 1. The van der Waals surface area contributed by atoms with Crippen LogP contribution in [0.15, 0.2) is 24.3 Å². The number of nitrogens with one attached hydrogen (secondary N) is 1. The van der Waals surface area contributed by atoms with E-state index in [1.54, 1.807) is 0 Å². The predicted molar refractivity (Wildman–Crippen MR) is 81.9 cm³/mol. The number of anilines is 1. The van der Waals surface area contributed by atoms with Crippen LogP contribution in [-0.4, -0.2) is 24.5 Å². The molecule has 110 valence electrons. The van der Waals surface area contributed by atoms with Crippen LogP contribution in [0.2, 0.25) is 0 Å². The van der Waals surface area contributed by atoms with Crippen LogP contribution in [0.25, 0.3) is 0 Å². The summed E-state index contributed by atoms with van der Waals surface area (Å²) in [4.78, 5) is 14.4. The van der Waals surface area contributed by atoms with Gasteiger partial charge in [0.05, 0.1) is 12.6 Å². The van der Waals surface area contributed by atoms with Crippen molar-refractivity contribution in [2.75, 3.05) is 18.0 Å². The smallest absolute Gasteiger partial charge is 0.240 e. The number of carbonyl (C=O) groups excluding carboxylic acids is 1. The lowest BCUT2D eigenvalue weighted by Gasteiger charge is -2.32. The lowest BCUT2D eigenvalue weighted by molar-refractivity contribution is -0.121. The number of carbonyl (C=O) groups is 1. The van der Waals surface area contributed by atoms with Crippen molar-refractivity contribution in [2.24, 2.45) is 5.92 Å². The van der Waals surface area contributed by atoms with Crippen LogP contribution in [0.5, 0.6) is 0 Å². The first-order chi connectivity index (χ1) is 10.1. The molecule has 1 amide bonds. The summed E-state index contributed by atoms with van der Waals surface area (Å²) in [6.07, 6.45) is 4.22. The van der Waals surface area contributed by atoms with E-state index < -0.39 is 5.54 Å². The van der Waals surface area contributed by atoms with Crippen LogP contribution < -0.4 is 10.2 Å². The van der Waals surface area contributed by atoms with E-state index in [-0.39, 0.29) is 5.91 Å². The fourth-order valence-corrected chi connectivity index (χ4v) is 3.16. The van der Waals surface area contributed by atoms with Crippen LogP contribution in [0.1, 0.15) is 31.7 Å². The van der Waals surface area contributed by atoms with Crippen LogP contribution in [0, 0.1) is 17.2 Å². The van der Waals surface area contributed by atoms with Gasteiger partial charge in [-0.2, -0.15) is 5.26 Å². The maximum atomic E-state index is 12.3. The summed E-state index contributed by atoms with van der Waals surface area (Å²) in [6.45, 7) is 3.07. The van der Waals surface area contributed by atoms with Gasteiger partial charge >= 0.3 is 0 Å². The molecule has 4 heteroatoms. The van der Waals surface area contributed by atoms with Gasteiger partial charge in [0.15, 0.2) is 0 Å². The Morgan fingerprint density at radius 3 is 2.95 bits per heavy atom. The molecule has 1 fully saturated rings. The Kier molecular flexibility index (Phi) is 3.59. The Balaban J connectivity index is 1.67. The molecular weight excluding hydrogens is 262 g/mol. The van der Waals surface area contributed by atoms with E-state index in [0.29, 0.717) is 12.5 Å². The van der Waals surface area contributed by atoms with Crippen LogP contribution in [0.4, 0.5) is 5.69 Å². The molecule has 2 aliphatic rings. The molecule has 0 spiro atoms. The van der Waals surface area contributed by atoms with Crippen molar-refractivity contribution in [1.82, 2.24) is 5.32 Å². The molecule has 1 saturated carbocycles. The maximum Gasteiger partial charge on any atom is 0.240 e. The molecule has 0 radical (unpaired) electrons. The number of aryl methyl sites for hydroxylation is 1. The van der Waals surface area contributed by atoms with Gasteiger partial charge in [-0.1, -0.05) is 18.2 Å². The molecule has 3 rings (SSSR count). The first kappa shape index (κ1) is 13.9. The molecule has 0 bridgehead atoms. The molecule has 4 nitrogen and oxygen atoms in total. The molecule has 1 atom stereocenters. The molecule has 1 heterocycles. The molecule has 1 aromatic rings.